The molecule has 0 spiro atoms. The summed E-state index contributed by atoms with van der Waals surface area (Å²) in [6.45, 7) is 3.53. The fourth-order valence-electron chi connectivity index (χ4n) is 3.58. The van der Waals surface area contributed by atoms with Gasteiger partial charge in [0.1, 0.15) is 11.5 Å². The molecule has 2 aromatic carbocycles. The number of hydrogen-bond acceptors (Lipinski definition) is 6. The molecule has 0 aromatic heterocycles. The maximum absolute atomic E-state index is 13.0. The molecule has 166 valence electrons. The van der Waals surface area contributed by atoms with Crippen LogP contribution in [0.2, 0.25) is 0 Å². The minimum atomic E-state index is -3.72. The van der Waals surface area contributed by atoms with Crippen molar-refractivity contribution in [3.63, 3.8) is 0 Å². The molecule has 1 heterocycles. The predicted octanol–water partition coefficient (Wildman–Crippen LogP) is 2.80. The zero-order valence-electron chi connectivity index (χ0n) is 18.0. The molecule has 2 aromatic rings. The molecule has 0 bridgehead atoms. The number of anilines is 2. The van der Waals surface area contributed by atoms with Gasteiger partial charge in [0.2, 0.25) is 11.8 Å². The number of amides is 2. The van der Waals surface area contributed by atoms with Crippen LogP contribution in [0.4, 0.5) is 11.4 Å². The van der Waals surface area contributed by atoms with Crippen LogP contribution in [0.1, 0.15) is 25.8 Å². The Morgan fingerprint density at radius 2 is 1.74 bits per heavy atom. The molecule has 0 saturated carbocycles. The fourth-order valence-corrected chi connectivity index (χ4v) is 4.98. The topological polar surface area (TPSA) is 102 Å². The largest absolute Gasteiger partial charge is 0.497 e. The Morgan fingerprint density at radius 1 is 1.10 bits per heavy atom. The van der Waals surface area contributed by atoms with Gasteiger partial charge in [0.05, 0.1) is 24.4 Å². The third-order valence-electron chi connectivity index (χ3n) is 5.29. The highest BCUT2D eigenvalue weighted by molar-refractivity contribution is 7.92. The number of fused-ring (bicyclic) bond motifs is 1. The molecule has 31 heavy (non-hydrogen) atoms. The van der Waals surface area contributed by atoms with E-state index in [0.29, 0.717) is 30.2 Å². The number of carbonyl (C=O) groups excluding carboxylic acids is 2. The van der Waals surface area contributed by atoms with E-state index in [2.05, 4.69) is 5.32 Å². The average Bonchev–Trinajstić information content (AvgIpc) is 3.16. The number of sulfone groups is 1. The summed E-state index contributed by atoms with van der Waals surface area (Å²) in [4.78, 5) is 26.0. The van der Waals surface area contributed by atoms with Crippen LogP contribution in [0.5, 0.6) is 11.5 Å². The predicted molar refractivity (Wildman–Crippen MR) is 118 cm³/mol. The quantitative estimate of drug-likeness (QED) is 0.702. The zero-order chi connectivity index (χ0) is 22.8. The highest BCUT2D eigenvalue weighted by Gasteiger charge is 2.29. The molecule has 1 atom stereocenters. The number of benzene rings is 2. The van der Waals surface area contributed by atoms with Crippen molar-refractivity contribution in [2.45, 2.75) is 36.8 Å². The normalized spacial score (nSPS) is 14.0. The van der Waals surface area contributed by atoms with E-state index in [1.165, 1.54) is 34.1 Å². The minimum absolute atomic E-state index is 0.0754. The van der Waals surface area contributed by atoms with Crippen molar-refractivity contribution in [1.82, 2.24) is 0 Å². The lowest BCUT2D eigenvalue weighted by molar-refractivity contribution is -0.117. The van der Waals surface area contributed by atoms with E-state index in [1.54, 1.807) is 35.2 Å². The van der Waals surface area contributed by atoms with Crippen molar-refractivity contribution in [3.05, 3.63) is 42.0 Å². The van der Waals surface area contributed by atoms with E-state index in [0.717, 1.165) is 11.3 Å². The van der Waals surface area contributed by atoms with Crippen molar-refractivity contribution >= 4 is 33.0 Å². The van der Waals surface area contributed by atoms with E-state index >= 15 is 0 Å². The third kappa shape index (κ3) is 4.82. The number of nitrogens with one attached hydrogen (secondary N) is 1. The lowest BCUT2D eigenvalue weighted by Crippen LogP contribution is -2.26. The third-order valence-corrected chi connectivity index (χ3v) is 7.43. The summed E-state index contributed by atoms with van der Waals surface area (Å²) in [6.07, 6.45) is 0.392. The SMILES string of the molecule is COc1cc(NC(=O)C[C@@H](C)S(=O)(=O)c2ccc3c(c2)CCN3C(C)=O)cc(OC)c1. The van der Waals surface area contributed by atoms with Crippen LogP contribution in [0, 0.1) is 0 Å². The molecule has 3 rings (SSSR count). The molecule has 8 nitrogen and oxygen atoms in total. The number of methoxy groups -OCH3 is 2. The number of nitrogens with zero attached hydrogens (tertiary/aromatic N) is 1. The first kappa shape index (κ1) is 22.6. The second kappa shape index (κ2) is 8.97. The molecular formula is C22H26N2O6S. The number of carbonyl (C=O) groups is 2. The second-order valence-corrected chi connectivity index (χ2v) is 9.79. The van der Waals surface area contributed by atoms with Crippen LogP contribution >= 0.6 is 0 Å². The Bertz CT molecular complexity index is 1090. The van der Waals surface area contributed by atoms with Crippen molar-refractivity contribution in [3.8, 4) is 11.5 Å². The molecule has 1 N–H and O–H groups in total. The first-order valence-corrected chi connectivity index (χ1v) is 11.4. The minimum Gasteiger partial charge on any atom is -0.497 e. The first-order valence-electron chi connectivity index (χ1n) is 9.83. The molecule has 1 aliphatic heterocycles. The van der Waals surface area contributed by atoms with Crippen LogP contribution in [0.25, 0.3) is 0 Å². The fraction of sp³-hybridized carbons (Fsp3) is 0.364. The molecule has 9 heteroatoms. The molecule has 1 aliphatic rings. The Morgan fingerprint density at radius 3 is 2.32 bits per heavy atom. The van der Waals surface area contributed by atoms with Crippen molar-refractivity contribution in [2.24, 2.45) is 0 Å². The number of ether oxygens (including phenoxy) is 2. The van der Waals surface area contributed by atoms with E-state index in [1.807, 2.05) is 0 Å². The van der Waals surface area contributed by atoms with Crippen LogP contribution in [-0.2, 0) is 25.8 Å². The number of rotatable bonds is 7. The molecule has 0 aliphatic carbocycles. The van der Waals surface area contributed by atoms with Gasteiger partial charge in [-0.2, -0.15) is 0 Å². The van der Waals surface area contributed by atoms with Gasteiger partial charge in [-0.1, -0.05) is 0 Å². The maximum Gasteiger partial charge on any atom is 0.225 e. The highest BCUT2D eigenvalue weighted by atomic mass is 32.2. The van der Waals surface area contributed by atoms with E-state index in [9.17, 15) is 18.0 Å². The van der Waals surface area contributed by atoms with Gasteiger partial charge >= 0.3 is 0 Å². The van der Waals surface area contributed by atoms with E-state index in [-0.39, 0.29) is 17.2 Å². The molecule has 0 radical (unpaired) electrons. The van der Waals surface area contributed by atoms with Gasteiger partial charge in [-0.25, -0.2) is 8.42 Å². The standard InChI is InChI=1S/C22H26N2O6S/c1-14(9-22(26)23-17-11-18(29-3)13-19(12-17)30-4)31(27,28)20-5-6-21-16(10-20)7-8-24(21)15(2)25/h5-6,10-14H,7-9H2,1-4H3,(H,23,26)/t14-/m1/s1. The summed E-state index contributed by atoms with van der Waals surface area (Å²) in [7, 11) is -0.722. The van der Waals surface area contributed by atoms with Gasteiger partial charge in [-0.3, -0.25) is 9.59 Å². The summed E-state index contributed by atoms with van der Waals surface area (Å²) in [6, 6.07) is 9.68. The van der Waals surface area contributed by atoms with Gasteiger partial charge in [-0.15, -0.1) is 0 Å². The van der Waals surface area contributed by atoms with Gasteiger partial charge in [0.25, 0.3) is 0 Å². The van der Waals surface area contributed by atoms with Crippen molar-refractivity contribution in [2.75, 3.05) is 31.0 Å². The molecule has 0 unspecified atom stereocenters. The molecular weight excluding hydrogens is 420 g/mol. The zero-order valence-corrected chi connectivity index (χ0v) is 18.8. The number of hydrogen-bond donors (Lipinski definition) is 1. The van der Waals surface area contributed by atoms with Gasteiger partial charge in [0.15, 0.2) is 9.84 Å². The maximum atomic E-state index is 13.0. The monoisotopic (exact) mass is 446 g/mol. The second-order valence-electron chi connectivity index (χ2n) is 7.42. The van der Waals surface area contributed by atoms with Gasteiger partial charge < -0.3 is 19.7 Å². The lowest BCUT2D eigenvalue weighted by Gasteiger charge is -2.17. The Hall–Kier alpha value is -3.07. The van der Waals surface area contributed by atoms with Crippen LogP contribution in [0.3, 0.4) is 0 Å². The Labute approximate surface area is 182 Å². The van der Waals surface area contributed by atoms with Crippen molar-refractivity contribution < 1.29 is 27.5 Å². The van der Waals surface area contributed by atoms with Gasteiger partial charge in [-0.05, 0) is 37.1 Å². The van der Waals surface area contributed by atoms with Crippen LogP contribution < -0.4 is 19.7 Å². The van der Waals surface area contributed by atoms with Gasteiger partial charge in [0, 0.05) is 49.5 Å². The summed E-state index contributed by atoms with van der Waals surface area (Å²) >= 11 is 0. The summed E-state index contributed by atoms with van der Waals surface area (Å²) in [5.41, 5.74) is 2.01. The average molecular weight is 447 g/mol. The first-order chi connectivity index (χ1) is 14.6. The van der Waals surface area contributed by atoms with Crippen LogP contribution in [0.15, 0.2) is 41.3 Å². The smallest absolute Gasteiger partial charge is 0.225 e. The summed E-state index contributed by atoms with van der Waals surface area (Å²) < 4.78 is 36.4. The molecule has 2 amide bonds. The highest BCUT2D eigenvalue weighted by Crippen LogP contribution is 2.32. The van der Waals surface area contributed by atoms with E-state index in [4.69, 9.17) is 9.47 Å². The summed E-state index contributed by atoms with van der Waals surface area (Å²) in [5, 5.41) is 1.77. The van der Waals surface area contributed by atoms with E-state index < -0.39 is 21.0 Å². The molecule has 0 fully saturated rings. The molecule has 0 saturated heterocycles. The van der Waals surface area contributed by atoms with Crippen LogP contribution in [-0.4, -0.2) is 46.2 Å². The lowest BCUT2D eigenvalue weighted by atomic mass is 10.2. The Kier molecular flexibility index (Phi) is 6.54. The Balaban J connectivity index is 1.73. The van der Waals surface area contributed by atoms with Crippen molar-refractivity contribution in [1.29, 1.82) is 0 Å². The summed E-state index contributed by atoms with van der Waals surface area (Å²) in [5.74, 6) is 0.505.